The number of carbonyl (C=O) groups is 1. The molecule has 0 atom stereocenters. The molecule has 1 N–H and O–H groups in total. The third-order valence-electron chi connectivity index (χ3n) is 1.56. The largest absolute Gasteiger partial charge is 0.463 e. The molecule has 0 saturated heterocycles. The Balaban J connectivity index is 2.64. The van der Waals surface area contributed by atoms with Crippen molar-refractivity contribution >= 4 is 17.9 Å². The highest BCUT2D eigenvalue weighted by Crippen LogP contribution is 2.19. The van der Waals surface area contributed by atoms with E-state index in [1.165, 1.54) is 16.4 Å². The molecule has 6 nitrogen and oxygen atoms in total. The van der Waals surface area contributed by atoms with Gasteiger partial charge in [0.05, 0.1) is 6.54 Å². The smallest absolute Gasteiger partial charge is 0.435 e. The molecule has 0 bridgehead atoms. The summed E-state index contributed by atoms with van der Waals surface area (Å²) in [5, 5.41) is 10.9. The van der Waals surface area contributed by atoms with Crippen LogP contribution in [0.2, 0.25) is 0 Å². The van der Waals surface area contributed by atoms with Crippen LogP contribution in [-0.4, -0.2) is 25.5 Å². The van der Waals surface area contributed by atoms with E-state index in [-0.39, 0.29) is 0 Å². The highest BCUT2D eigenvalue weighted by molar-refractivity contribution is 8.02. The average molecular weight is 199 g/mol. The predicted molar refractivity (Wildman–Crippen MR) is 44.9 cm³/mol. The second kappa shape index (κ2) is 2.77. The third-order valence-corrected chi connectivity index (χ3v) is 2.41. The first kappa shape index (κ1) is 8.11. The van der Waals surface area contributed by atoms with Gasteiger partial charge in [0.15, 0.2) is 5.16 Å². The number of nitrogens with zero attached hydrogens (tertiary/aromatic N) is 3. The Hall–Kier alpha value is -1.50. The topological polar surface area (TPSA) is 77.1 Å². The van der Waals surface area contributed by atoms with Crippen LogP contribution in [0.15, 0.2) is 21.4 Å². The van der Waals surface area contributed by atoms with Crippen molar-refractivity contribution in [3.63, 3.8) is 0 Å². The first-order chi connectivity index (χ1) is 6.20. The maximum Gasteiger partial charge on any atom is 0.435 e. The lowest BCUT2D eigenvalue weighted by Crippen LogP contribution is -2.29. The lowest BCUT2D eigenvalue weighted by molar-refractivity contribution is 0.186. The quantitative estimate of drug-likeness (QED) is 0.645. The maximum atomic E-state index is 11.1. The summed E-state index contributed by atoms with van der Waals surface area (Å²) < 4.78 is 1.92. The van der Waals surface area contributed by atoms with Gasteiger partial charge in [-0.25, -0.2) is 14.3 Å². The standard InChI is InChI=1S/C6H5N3O3S/c10-4-7-5-8(2-1-3-13-5)9(4)6(11)12/h1,3H,2H2,(H,11,12). The Bertz CT molecular complexity index is 444. The molecule has 1 aliphatic rings. The molecule has 0 unspecified atom stereocenters. The molecule has 2 rings (SSSR count). The first-order valence-electron chi connectivity index (χ1n) is 3.45. The van der Waals surface area contributed by atoms with E-state index in [0.29, 0.717) is 16.4 Å². The third kappa shape index (κ3) is 1.17. The Morgan fingerprint density at radius 2 is 2.46 bits per heavy atom. The lowest BCUT2D eigenvalue weighted by atomic mass is 10.6. The van der Waals surface area contributed by atoms with Crippen LogP contribution < -0.4 is 5.69 Å². The van der Waals surface area contributed by atoms with Gasteiger partial charge in [-0.1, -0.05) is 17.8 Å². The van der Waals surface area contributed by atoms with Gasteiger partial charge in [0.25, 0.3) is 0 Å². The molecule has 1 aromatic heterocycles. The van der Waals surface area contributed by atoms with Gasteiger partial charge in [0, 0.05) is 0 Å². The van der Waals surface area contributed by atoms with Gasteiger partial charge in [-0.05, 0) is 5.41 Å². The molecule has 13 heavy (non-hydrogen) atoms. The zero-order valence-electron chi connectivity index (χ0n) is 6.38. The van der Waals surface area contributed by atoms with Crippen LogP contribution in [-0.2, 0) is 6.54 Å². The number of thioether (sulfide) groups is 1. The summed E-state index contributed by atoms with van der Waals surface area (Å²) >= 11 is 1.23. The molecule has 0 saturated carbocycles. The van der Waals surface area contributed by atoms with Crippen LogP contribution in [0.3, 0.4) is 0 Å². The summed E-state index contributed by atoms with van der Waals surface area (Å²) in [7, 11) is 0. The van der Waals surface area contributed by atoms with E-state index in [0.717, 1.165) is 0 Å². The monoisotopic (exact) mass is 199 g/mol. The van der Waals surface area contributed by atoms with Crippen LogP contribution in [0.25, 0.3) is 0 Å². The van der Waals surface area contributed by atoms with E-state index in [1.54, 1.807) is 11.5 Å². The summed E-state index contributed by atoms with van der Waals surface area (Å²) in [6.45, 7) is 0.365. The molecule has 0 spiro atoms. The average Bonchev–Trinajstić information content (AvgIpc) is 2.39. The van der Waals surface area contributed by atoms with Gasteiger partial charge in [-0.2, -0.15) is 4.98 Å². The minimum Gasteiger partial charge on any atom is -0.463 e. The Morgan fingerprint density at radius 3 is 3.15 bits per heavy atom. The maximum absolute atomic E-state index is 11.1. The summed E-state index contributed by atoms with van der Waals surface area (Å²) in [4.78, 5) is 25.3. The van der Waals surface area contributed by atoms with Crippen LogP contribution in [0, 0.1) is 0 Å². The highest BCUT2D eigenvalue weighted by Gasteiger charge is 2.18. The summed E-state index contributed by atoms with van der Waals surface area (Å²) in [5.74, 6) is 0. The molecule has 68 valence electrons. The number of hydrogen-bond donors (Lipinski definition) is 1. The molecule has 0 aromatic carbocycles. The number of fused-ring (bicyclic) bond motifs is 1. The number of rotatable bonds is 0. The normalized spacial score (nSPS) is 14.2. The second-order valence-corrected chi connectivity index (χ2v) is 3.22. The first-order valence-corrected chi connectivity index (χ1v) is 4.33. The minimum atomic E-state index is -1.31. The number of carboxylic acid groups (broad SMARTS) is 1. The van der Waals surface area contributed by atoms with Crippen LogP contribution in [0.5, 0.6) is 0 Å². The molecular formula is C6H5N3O3S. The molecule has 0 fully saturated rings. The zero-order chi connectivity index (χ0) is 9.42. The summed E-state index contributed by atoms with van der Waals surface area (Å²) in [5.41, 5.74) is -0.751. The van der Waals surface area contributed by atoms with Gasteiger partial charge in [0.1, 0.15) is 0 Å². The van der Waals surface area contributed by atoms with Gasteiger partial charge in [-0.3, -0.25) is 0 Å². The van der Waals surface area contributed by atoms with Crippen molar-refractivity contribution in [2.24, 2.45) is 0 Å². The molecule has 2 heterocycles. The highest BCUT2D eigenvalue weighted by atomic mass is 32.2. The van der Waals surface area contributed by atoms with E-state index in [1.807, 2.05) is 0 Å². The van der Waals surface area contributed by atoms with Crippen molar-refractivity contribution in [3.05, 3.63) is 22.0 Å². The predicted octanol–water partition coefficient (Wildman–Crippen LogP) is 0.190. The van der Waals surface area contributed by atoms with Gasteiger partial charge >= 0.3 is 11.8 Å². The fourth-order valence-electron chi connectivity index (χ4n) is 1.06. The zero-order valence-corrected chi connectivity index (χ0v) is 7.19. The lowest BCUT2D eigenvalue weighted by Gasteiger charge is -2.08. The number of hydrogen-bond acceptors (Lipinski definition) is 4. The number of allylic oxidation sites excluding steroid dienone is 1. The van der Waals surface area contributed by atoms with Gasteiger partial charge in [-0.15, -0.1) is 4.68 Å². The second-order valence-electron chi connectivity index (χ2n) is 2.34. The summed E-state index contributed by atoms with van der Waals surface area (Å²) in [6.07, 6.45) is 0.456. The van der Waals surface area contributed by atoms with E-state index >= 15 is 0 Å². The van der Waals surface area contributed by atoms with Crippen molar-refractivity contribution in [3.8, 4) is 0 Å². The summed E-state index contributed by atoms with van der Waals surface area (Å²) in [6, 6.07) is 0. The van der Waals surface area contributed by atoms with Crippen LogP contribution >= 0.6 is 11.8 Å². The van der Waals surface area contributed by atoms with Crippen molar-refractivity contribution < 1.29 is 9.90 Å². The van der Waals surface area contributed by atoms with E-state index < -0.39 is 11.8 Å². The molecule has 0 aliphatic carbocycles. The van der Waals surface area contributed by atoms with Crippen LogP contribution in [0.4, 0.5) is 4.79 Å². The molecule has 1 aromatic rings. The minimum absolute atomic E-state index is 0.365. The Labute approximate surface area is 76.5 Å². The fourth-order valence-corrected chi connectivity index (χ4v) is 1.77. The van der Waals surface area contributed by atoms with Gasteiger partial charge < -0.3 is 5.11 Å². The van der Waals surface area contributed by atoms with Crippen molar-refractivity contribution in [2.45, 2.75) is 11.7 Å². The van der Waals surface area contributed by atoms with Crippen LogP contribution in [0.1, 0.15) is 0 Å². The number of aromatic nitrogens is 3. The van der Waals surface area contributed by atoms with E-state index in [2.05, 4.69) is 4.98 Å². The van der Waals surface area contributed by atoms with E-state index in [4.69, 9.17) is 5.11 Å². The van der Waals surface area contributed by atoms with Crippen molar-refractivity contribution in [1.29, 1.82) is 0 Å². The molecule has 7 heteroatoms. The van der Waals surface area contributed by atoms with E-state index in [9.17, 15) is 9.59 Å². The molecule has 0 radical (unpaired) electrons. The van der Waals surface area contributed by atoms with Crippen molar-refractivity contribution in [2.75, 3.05) is 0 Å². The molecular weight excluding hydrogens is 194 g/mol. The fraction of sp³-hybridized carbons (Fsp3) is 0.167. The Morgan fingerprint density at radius 1 is 1.69 bits per heavy atom. The van der Waals surface area contributed by atoms with Crippen molar-refractivity contribution in [1.82, 2.24) is 14.3 Å². The van der Waals surface area contributed by atoms with Gasteiger partial charge in [0.2, 0.25) is 0 Å². The SMILES string of the molecule is O=C(O)n1c(=O)nc2n1CC=CS2. The Kier molecular flexibility index (Phi) is 1.73. The molecule has 0 amide bonds. The molecule has 1 aliphatic heterocycles.